The molecule has 0 unspecified atom stereocenters. The van der Waals surface area contributed by atoms with Gasteiger partial charge in [0.25, 0.3) is 0 Å². The van der Waals surface area contributed by atoms with Gasteiger partial charge < -0.3 is 14.5 Å². The summed E-state index contributed by atoms with van der Waals surface area (Å²) in [6, 6.07) is 12.6. The van der Waals surface area contributed by atoms with Gasteiger partial charge in [0.05, 0.1) is 6.54 Å². The number of piperazine rings is 1. The molecule has 3 aliphatic rings. The second kappa shape index (κ2) is 8.64. The van der Waals surface area contributed by atoms with Gasteiger partial charge in [0.1, 0.15) is 18.2 Å². The van der Waals surface area contributed by atoms with Gasteiger partial charge in [-0.1, -0.05) is 18.6 Å². The Balaban J connectivity index is 1.21. The van der Waals surface area contributed by atoms with Crippen molar-refractivity contribution in [2.24, 2.45) is 5.92 Å². The number of nitrogens with zero attached hydrogens (tertiary/aromatic N) is 4. The van der Waals surface area contributed by atoms with Crippen molar-refractivity contribution >= 4 is 11.7 Å². The number of anilines is 1. The van der Waals surface area contributed by atoms with Crippen molar-refractivity contribution < 1.29 is 9.53 Å². The van der Waals surface area contributed by atoms with Crippen molar-refractivity contribution in [1.29, 1.82) is 0 Å². The third kappa shape index (κ3) is 4.15. The maximum Gasteiger partial charge on any atom is 0.226 e. The lowest BCUT2D eigenvalue weighted by Crippen LogP contribution is -2.46. The minimum absolute atomic E-state index is 0.241. The van der Waals surface area contributed by atoms with E-state index in [-0.39, 0.29) is 5.92 Å². The molecule has 6 heteroatoms. The van der Waals surface area contributed by atoms with E-state index in [1.807, 2.05) is 23.2 Å². The normalized spacial score (nSPS) is 20.1. The van der Waals surface area contributed by atoms with Crippen LogP contribution in [0, 0.1) is 5.92 Å². The number of carbonyl (C=O) groups is 1. The quantitative estimate of drug-likeness (QED) is 0.781. The SMILES string of the molecule is O=C(C1CCC1)N1CCOc2ccc(CN3CCN(c4ccccn4)CC3)cc2C1. The maximum atomic E-state index is 12.7. The largest absolute Gasteiger partial charge is 0.491 e. The monoisotopic (exact) mass is 406 g/mol. The standard InChI is InChI=1S/C24H30N4O2/c29-24(20-4-3-5-20)28-14-15-30-22-8-7-19(16-21(22)18-28)17-26-10-12-27(13-11-26)23-6-1-2-9-25-23/h1-2,6-9,16,20H,3-5,10-15,17-18H2. The summed E-state index contributed by atoms with van der Waals surface area (Å²) in [5.41, 5.74) is 2.44. The van der Waals surface area contributed by atoms with Crippen molar-refractivity contribution in [2.75, 3.05) is 44.2 Å². The van der Waals surface area contributed by atoms with E-state index in [1.165, 1.54) is 12.0 Å². The minimum Gasteiger partial charge on any atom is -0.491 e. The van der Waals surface area contributed by atoms with Gasteiger partial charge >= 0.3 is 0 Å². The summed E-state index contributed by atoms with van der Waals surface area (Å²) in [7, 11) is 0. The molecule has 2 aliphatic heterocycles. The van der Waals surface area contributed by atoms with E-state index >= 15 is 0 Å². The lowest BCUT2D eigenvalue weighted by Gasteiger charge is -2.35. The molecule has 6 nitrogen and oxygen atoms in total. The van der Waals surface area contributed by atoms with Crippen LogP contribution in [0.4, 0.5) is 5.82 Å². The topological polar surface area (TPSA) is 48.9 Å². The third-order valence-electron chi connectivity index (χ3n) is 6.62. The molecule has 1 amide bonds. The maximum absolute atomic E-state index is 12.7. The zero-order chi connectivity index (χ0) is 20.3. The van der Waals surface area contributed by atoms with Crippen molar-refractivity contribution in [3.05, 3.63) is 53.7 Å². The molecular formula is C24H30N4O2. The second-order valence-electron chi connectivity index (χ2n) is 8.63. The molecule has 1 aromatic carbocycles. The number of hydrogen-bond acceptors (Lipinski definition) is 5. The number of fused-ring (bicyclic) bond motifs is 1. The first kappa shape index (κ1) is 19.4. The van der Waals surface area contributed by atoms with Crippen molar-refractivity contribution in [1.82, 2.24) is 14.8 Å². The van der Waals surface area contributed by atoms with Gasteiger partial charge in [-0.2, -0.15) is 0 Å². The molecule has 0 spiro atoms. The van der Waals surface area contributed by atoms with E-state index in [4.69, 9.17) is 4.74 Å². The first-order valence-electron chi connectivity index (χ1n) is 11.2. The van der Waals surface area contributed by atoms with Crippen LogP contribution in [0.1, 0.15) is 30.4 Å². The highest BCUT2D eigenvalue weighted by atomic mass is 16.5. The first-order chi connectivity index (χ1) is 14.8. The number of hydrogen-bond donors (Lipinski definition) is 0. The van der Waals surface area contributed by atoms with Crippen LogP contribution in [-0.4, -0.2) is 60.0 Å². The molecule has 0 atom stereocenters. The van der Waals surface area contributed by atoms with Crippen LogP contribution >= 0.6 is 0 Å². The van der Waals surface area contributed by atoms with Crippen LogP contribution in [-0.2, 0) is 17.9 Å². The zero-order valence-electron chi connectivity index (χ0n) is 17.5. The summed E-state index contributed by atoms with van der Waals surface area (Å²) in [5, 5.41) is 0. The molecule has 0 radical (unpaired) electrons. The summed E-state index contributed by atoms with van der Waals surface area (Å²) in [5.74, 6) is 2.55. The van der Waals surface area contributed by atoms with Gasteiger partial charge in [-0.15, -0.1) is 0 Å². The van der Waals surface area contributed by atoms with Crippen LogP contribution in [0.25, 0.3) is 0 Å². The highest BCUT2D eigenvalue weighted by Gasteiger charge is 2.31. The predicted molar refractivity (Wildman–Crippen MR) is 116 cm³/mol. The fraction of sp³-hybridized carbons (Fsp3) is 0.500. The smallest absolute Gasteiger partial charge is 0.226 e. The third-order valence-corrected chi connectivity index (χ3v) is 6.62. The molecule has 1 aromatic heterocycles. The van der Waals surface area contributed by atoms with Crippen molar-refractivity contribution in [2.45, 2.75) is 32.4 Å². The Labute approximate surface area is 178 Å². The Morgan fingerprint density at radius 2 is 1.93 bits per heavy atom. The molecule has 2 fully saturated rings. The second-order valence-corrected chi connectivity index (χ2v) is 8.63. The van der Waals surface area contributed by atoms with Crippen LogP contribution in [0.3, 0.4) is 0 Å². The summed E-state index contributed by atoms with van der Waals surface area (Å²) in [4.78, 5) is 24.1. The van der Waals surface area contributed by atoms with Gasteiger partial charge in [-0.25, -0.2) is 4.98 Å². The number of aromatic nitrogens is 1. The first-order valence-corrected chi connectivity index (χ1v) is 11.2. The molecule has 1 saturated heterocycles. The summed E-state index contributed by atoms with van der Waals surface area (Å²) < 4.78 is 5.95. The van der Waals surface area contributed by atoms with E-state index in [2.05, 4.69) is 39.0 Å². The minimum atomic E-state index is 0.241. The number of amides is 1. The van der Waals surface area contributed by atoms with E-state index in [0.29, 0.717) is 25.6 Å². The lowest BCUT2D eigenvalue weighted by atomic mass is 9.84. The molecule has 30 heavy (non-hydrogen) atoms. The summed E-state index contributed by atoms with van der Waals surface area (Å²) >= 11 is 0. The summed E-state index contributed by atoms with van der Waals surface area (Å²) in [6.45, 7) is 6.91. The Kier molecular flexibility index (Phi) is 5.58. The molecule has 158 valence electrons. The lowest BCUT2D eigenvalue weighted by molar-refractivity contribution is -0.138. The van der Waals surface area contributed by atoms with Crippen molar-refractivity contribution in [3.63, 3.8) is 0 Å². The molecule has 1 aliphatic carbocycles. The van der Waals surface area contributed by atoms with Gasteiger partial charge in [0.2, 0.25) is 5.91 Å². The molecule has 5 rings (SSSR count). The van der Waals surface area contributed by atoms with Gasteiger partial charge in [-0.3, -0.25) is 9.69 Å². The average Bonchev–Trinajstić information content (AvgIpc) is 2.96. The summed E-state index contributed by atoms with van der Waals surface area (Å²) in [6.07, 6.45) is 5.15. The van der Waals surface area contributed by atoms with E-state index < -0.39 is 0 Å². The van der Waals surface area contributed by atoms with Gasteiger partial charge in [0, 0.05) is 56.9 Å². The van der Waals surface area contributed by atoms with E-state index in [0.717, 1.165) is 62.7 Å². The highest BCUT2D eigenvalue weighted by Crippen LogP contribution is 2.31. The molecule has 1 saturated carbocycles. The van der Waals surface area contributed by atoms with Gasteiger partial charge in [-0.05, 0) is 42.7 Å². The molecular weight excluding hydrogens is 376 g/mol. The Morgan fingerprint density at radius 3 is 2.67 bits per heavy atom. The zero-order valence-corrected chi connectivity index (χ0v) is 17.5. The number of carbonyl (C=O) groups excluding carboxylic acids is 1. The van der Waals surface area contributed by atoms with Crippen LogP contribution < -0.4 is 9.64 Å². The van der Waals surface area contributed by atoms with Crippen LogP contribution in [0.2, 0.25) is 0 Å². The fourth-order valence-corrected chi connectivity index (χ4v) is 4.58. The Bertz CT molecular complexity index is 876. The van der Waals surface area contributed by atoms with Gasteiger partial charge in [0.15, 0.2) is 0 Å². The van der Waals surface area contributed by atoms with Crippen LogP contribution in [0.15, 0.2) is 42.6 Å². The molecule has 2 aromatic rings. The highest BCUT2D eigenvalue weighted by molar-refractivity contribution is 5.79. The van der Waals surface area contributed by atoms with Crippen LogP contribution in [0.5, 0.6) is 5.75 Å². The van der Waals surface area contributed by atoms with Crippen molar-refractivity contribution in [3.8, 4) is 5.75 Å². The number of ether oxygens (including phenoxy) is 1. The number of pyridine rings is 1. The molecule has 0 N–H and O–H groups in total. The molecule has 3 heterocycles. The van der Waals surface area contributed by atoms with E-state index in [1.54, 1.807) is 0 Å². The predicted octanol–water partition coefficient (Wildman–Crippen LogP) is 2.92. The Morgan fingerprint density at radius 1 is 1.07 bits per heavy atom. The fourth-order valence-electron chi connectivity index (χ4n) is 4.58. The Hall–Kier alpha value is -2.60. The average molecular weight is 407 g/mol. The van der Waals surface area contributed by atoms with E-state index in [9.17, 15) is 4.79 Å². The number of rotatable bonds is 4. The molecule has 0 bridgehead atoms. The number of benzene rings is 1.